The molecule has 0 radical (unpaired) electrons. The number of aromatic nitrogens is 2. The second-order valence-electron chi connectivity index (χ2n) is 3.74. The van der Waals surface area contributed by atoms with E-state index in [0.717, 1.165) is 17.0 Å². The van der Waals surface area contributed by atoms with Crippen molar-refractivity contribution in [1.82, 2.24) is 9.97 Å². The fourth-order valence-corrected chi connectivity index (χ4v) is 1.54. The number of nitrogens with one attached hydrogen (secondary N) is 2. The normalized spacial score (nSPS) is 9.94. The molecule has 94 valence electrons. The average Bonchev–Trinajstić information content (AvgIpc) is 2.41. The maximum atomic E-state index is 5.28. The molecule has 0 atom stereocenters. The van der Waals surface area contributed by atoms with Crippen LogP contribution >= 0.6 is 0 Å². The van der Waals surface area contributed by atoms with Crippen LogP contribution < -0.4 is 21.3 Å². The van der Waals surface area contributed by atoms with Crippen LogP contribution in [-0.4, -0.2) is 17.1 Å². The van der Waals surface area contributed by atoms with Gasteiger partial charge in [0.1, 0.15) is 5.75 Å². The highest BCUT2D eigenvalue weighted by atomic mass is 16.5. The van der Waals surface area contributed by atoms with Gasteiger partial charge in [0, 0.05) is 5.69 Å². The number of ether oxygens (including phenoxy) is 1. The number of benzene rings is 1. The minimum atomic E-state index is 0.506. The second-order valence-corrected chi connectivity index (χ2v) is 3.74. The first kappa shape index (κ1) is 12.1. The quantitative estimate of drug-likeness (QED) is 0.563. The number of hydrogen-bond donors (Lipinski definition) is 3. The van der Waals surface area contributed by atoms with E-state index < -0.39 is 0 Å². The summed E-state index contributed by atoms with van der Waals surface area (Å²) in [7, 11) is 1.64. The van der Waals surface area contributed by atoms with Crippen LogP contribution in [0.3, 0.4) is 0 Å². The maximum absolute atomic E-state index is 5.28. The molecule has 0 saturated heterocycles. The Morgan fingerprint density at radius 1 is 1.22 bits per heavy atom. The van der Waals surface area contributed by atoms with Gasteiger partial charge >= 0.3 is 0 Å². The minimum absolute atomic E-state index is 0.506. The smallest absolute Gasteiger partial charge is 0.160 e. The first-order valence-corrected chi connectivity index (χ1v) is 5.43. The van der Waals surface area contributed by atoms with Gasteiger partial charge < -0.3 is 15.5 Å². The summed E-state index contributed by atoms with van der Waals surface area (Å²) < 4.78 is 5.15. The van der Waals surface area contributed by atoms with Crippen molar-refractivity contribution >= 4 is 17.3 Å². The highest BCUT2D eigenvalue weighted by molar-refractivity contribution is 5.62. The first-order valence-electron chi connectivity index (χ1n) is 5.43. The molecule has 0 amide bonds. The summed E-state index contributed by atoms with van der Waals surface area (Å²) in [5.74, 6) is 7.23. The lowest BCUT2D eigenvalue weighted by atomic mass is 10.2. The summed E-state index contributed by atoms with van der Waals surface area (Å²) in [6, 6.07) is 5.76. The Morgan fingerprint density at radius 3 is 2.67 bits per heavy atom. The van der Waals surface area contributed by atoms with Gasteiger partial charge in [0.15, 0.2) is 11.6 Å². The molecule has 0 aliphatic heterocycles. The number of hydrazine groups is 1. The summed E-state index contributed by atoms with van der Waals surface area (Å²) in [6.45, 7) is 1.99. The van der Waals surface area contributed by atoms with E-state index in [0.29, 0.717) is 11.6 Å². The molecular formula is C12H15N5O. The van der Waals surface area contributed by atoms with Crippen LogP contribution in [0.1, 0.15) is 5.56 Å². The summed E-state index contributed by atoms with van der Waals surface area (Å²) in [5, 5.41) is 3.17. The third kappa shape index (κ3) is 2.67. The van der Waals surface area contributed by atoms with E-state index in [4.69, 9.17) is 10.6 Å². The number of anilines is 3. The Morgan fingerprint density at radius 2 is 2.00 bits per heavy atom. The maximum Gasteiger partial charge on any atom is 0.160 e. The van der Waals surface area contributed by atoms with Crippen LogP contribution in [0, 0.1) is 6.92 Å². The molecular weight excluding hydrogens is 230 g/mol. The van der Waals surface area contributed by atoms with E-state index >= 15 is 0 Å². The highest BCUT2D eigenvalue weighted by Gasteiger charge is 2.03. The van der Waals surface area contributed by atoms with E-state index in [1.807, 2.05) is 25.1 Å². The zero-order valence-electron chi connectivity index (χ0n) is 10.3. The van der Waals surface area contributed by atoms with Crippen LogP contribution in [0.4, 0.5) is 17.3 Å². The van der Waals surface area contributed by atoms with Crippen LogP contribution in [0.5, 0.6) is 5.75 Å². The lowest BCUT2D eigenvalue weighted by Crippen LogP contribution is -2.09. The van der Waals surface area contributed by atoms with Gasteiger partial charge in [-0.1, -0.05) is 0 Å². The molecule has 4 N–H and O–H groups in total. The molecule has 0 aliphatic carbocycles. The van der Waals surface area contributed by atoms with Gasteiger partial charge in [-0.25, -0.2) is 10.8 Å². The molecule has 6 nitrogen and oxygen atoms in total. The zero-order chi connectivity index (χ0) is 13.0. The highest BCUT2D eigenvalue weighted by Crippen LogP contribution is 2.23. The summed E-state index contributed by atoms with van der Waals surface area (Å²) in [5.41, 5.74) is 4.45. The van der Waals surface area contributed by atoms with Gasteiger partial charge in [0.05, 0.1) is 19.5 Å². The van der Waals surface area contributed by atoms with Crippen molar-refractivity contribution in [2.45, 2.75) is 6.92 Å². The van der Waals surface area contributed by atoms with Crippen LogP contribution in [0.15, 0.2) is 30.6 Å². The third-order valence-corrected chi connectivity index (χ3v) is 2.48. The fourth-order valence-electron chi connectivity index (χ4n) is 1.54. The van der Waals surface area contributed by atoms with Gasteiger partial charge in [-0.2, -0.15) is 0 Å². The molecule has 0 bridgehead atoms. The Hall–Kier alpha value is -2.34. The monoisotopic (exact) mass is 245 g/mol. The zero-order valence-corrected chi connectivity index (χ0v) is 10.3. The van der Waals surface area contributed by atoms with Gasteiger partial charge in [-0.3, -0.25) is 4.98 Å². The fraction of sp³-hybridized carbons (Fsp3) is 0.167. The van der Waals surface area contributed by atoms with E-state index in [1.54, 1.807) is 19.5 Å². The topological polar surface area (TPSA) is 85.1 Å². The summed E-state index contributed by atoms with van der Waals surface area (Å²) >= 11 is 0. The number of hydrogen-bond acceptors (Lipinski definition) is 6. The lowest BCUT2D eigenvalue weighted by Gasteiger charge is -2.10. The molecule has 6 heteroatoms. The van der Waals surface area contributed by atoms with Crippen molar-refractivity contribution in [3.63, 3.8) is 0 Å². The van der Waals surface area contributed by atoms with E-state index in [-0.39, 0.29) is 0 Å². The standard InChI is InChI=1S/C12H15N5O/c1-8-5-9(18-2)3-4-10(8)15-11-6-14-7-12(16-11)17-13/h3-7H,13H2,1-2H3,(H2,15,16,17). The SMILES string of the molecule is COc1ccc(Nc2cncc(NN)n2)c(C)c1. The van der Waals surface area contributed by atoms with Crippen LogP contribution in [-0.2, 0) is 0 Å². The Balaban J connectivity index is 2.22. The van der Waals surface area contributed by atoms with Crippen molar-refractivity contribution < 1.29 is 4.74 Å². The summed E-state index contributed by atoms with van der Waals surface area (Å²) in [4.78, 5) is 8.25. The van der Waals surface area contributed by atoms with Crippen molar-refractivity contribution in [1.29, 1.82) is 0 Å². The number of nitrogens with two attached hydrogens (primary N) is 1. The number of methoxy groups -OCH3 is 1. The van der Waals surface area contributed by atoms with Crippen LogP contribution in [0.25, 0.3) is 0 Å². The molecule has 0 spiro atoms. The molecule has 1 aromatic heterocycles. The predicted molar refractivity (Wildman–Crippen MR) is 70.9 cm³/mol. The lowest BCUT2D eigenvalue weighted by molar-refractivity contribution is 0.414. The Kier molecular flexibility index (Phi) is 3.59. The second kappa shape index (κ2) is 5.33. The van der Waals surface area contributed by atoms with Crippen LogP contribution in [0.2, 0.25) is 0 Å². The van der Waals surface area contributed by atoms with Crippen molar-refractivity contribution in [3.05, 3.63) is 36.2 Å². The average molecular weight is 245 g/mol. The molecule has 0 unspecified atom stereocenters. The van der Waals surface area contributed by atoms with Gasteiger partial charge in [0.2, 0.25) is 0 Å². The van der Waals surface area contributed by atoms with Crippen molar-refractivity contribution in [2.24, 2.45) is 5.84 Å². The van der Waals surface area contributed by atoms with Crippen molar-refractivity contribution in [3.8, 4) is 5.75 Å². The summed E-state index contributed by atoms with van der Waals surface area (Å²) in [6.07, 6.45) is 3.18. The molecule has 2 rings (SSSR count). The minimum Gasteiger partial charge on any atom is -0.497 e. The molecule has 0 aliphatic rings. The number of aryl methyl sites for hydroxylation is 1. The van der Waals surface area contributed by atoms with Gasteiger partial charge in [0.25, 0.3) is 0 Å². The first-order chi connectivity index (χ1) is 8.72. The molecule has 1 heterocycles. The number of nitrogens with zero attached hydrogens (tertiary/aromatic N) is 2. The van der Waals surface area contributed by atoms with Gasteiger partial charge in [-0.15, -0.1) is 0 Å². The molecule has 2 aromatic rings. The molecule has 0 fully saturated rings. The number of rotatable bonds is 4. The van der Waals surface area contributed by atoms with E-state index in [9.17, 15) is 0 Å². The largest absolute Gasteiger partial charge is 0.497 e. The molecule has 18 heavy (non-hydrogen) atoms. The Bertz CT molecular complexity index is 544. The van der Waals surface area contributed by atoms with Crippen molar-refractivity contribution in [2.75, 3.05) is 17.9 Å². The number of nitrogen functional groups attached to an aromatic ring is 1. The van der Waals surface area contributed by atoms with E-state index in [2.05, 4.69) is 20.7 Å². The third-order valence-electron chi connectivity index (χ3n) is 2.48. The molecule has 0 saturated carbocycles. The molecule has 1 aromatic carbocycles. The van der Waals surface area contributed by atoms with Gasteiger partial charge in [-0.05, 0) is 30.7 Å². The Labute approximate surface area is 105 Å². The predicted octanol–water partition coefficient (Wildman–Crippen LogP) is 1.82. The van der Waals surface area contributed by atoms with E-state index in [1.165, 1.54) is 0 Å².